The Labute approximate surface area is 147 Å². The van der Waals surface area contributed by atoms with Crippen molar-refractivity contribution in [1.82, 2.24) is 4.90 Å². The van der Waals surface area contributed by atoms with Gasteiger partial charge in [-0.1, -0.05) is 0 Å². The number of amides is 1. The molecule has 0 N–H and O–H groups in total. The molecule has 7 nitrogen and oxygen atoms in total. The molecule has 0 aromatic heterocycles. The van der Waals surface area contributed by atoms with Crippen LogP contribution in [0.2, 0.25) is 0 Å². The van der Waals surface area contributed by atoms with Gasteiger partial charge in [0.2, 0.25) is 5.91 Å². The number of ether oxygens (including phenoxy) is 3. The van der Waals surface area contributed by atoms with Crippen molar-refractivity contribution >= 4 is 23.6 Å². The highest BCUT2D eigenvalue weighted by molar-refractivity contribution is 8.01. The molecule has 0 bridgehead atoms. The van der Waals surface area contributed by atoms with Gasteiger partial charge in [0.05, 0.1) is 29.9 Å². The SMILES string of the molecule is CCOCCC1SC(CC(C#N)C(=O)OCC)N(CCOC)C1=O. The molecule has 1 fully saturated rings. The van der Waals surface area contributed by atoms with Gasteiger partial charge in [-0.05, 0) is 20.3 Å². The average Bonchev–Trinajstić information content (AvgIpc) is 2.86. The summed E-state index contributed by atoms with van der Waals surface area (Å²) in [5.41, 5.74) is 0. The van der Waals surface area contributed by atoms with Gasteiger partial charge in [0.1, 0.15) is 5.92 Å². The largest absolute Gasteiger partial charge is 0.465 e. The number of nitrogens with zero attached hydrogens (tertiary/aromatic N) is 2. The zero-order valence-corrected chi connectivity index (χ0v) is 15.3. The van der Waals surface area contributed by atoms with Crippen molar-refractivity contribution < 1.29 is 23.8 Å². The first-order valence-corrected chi connectivity index (χ1v) is 9.12. The summed E-state index contributed by atoms with van der Waals surface area (Å²) in [5, 5.41) is 8.81. The number of nitriles is 1. The van der Waals surface area contributed by atoms with Crippen LogP contribution in [-0.4, -0.2) is 67.5 Å². The van der Waals surface area contributed by atoms with E-state index in [0.29, 0.717) is 32.8 Å². The van der Waals surface area contributed by atoms with E-state index in [0.717, 1.165) is 0 Å². The van der Waals surface area contributed by atoms with Crippen LogP contribution in [0.25, 0.3) is 0 Å². The van der Waals surface area contributed by atoms with E-state index in [1.807, 2.05) is 13.0 Å². The van der Waals surface area contributed by atoms with Crippen molar-refractivity contribution in [2.24, 2.45) is 5.92 Å². The van der Waals surface area contributed by atoms with Crippen molar-refractivity contribution in [3.05, 3.63) is 0 Å². The van der Waals surface area contributed by atoms with E-state index < -0.39 is 11.9 Å². The molecular formula is C16H26N2O5S. The molecule has 1 heterocycles. The number of carbonyl (C=O) groups excluding carboxylic acids is 2. The predicted molar refractivity (Wildman–Crippen MR) is 90.2 cm³/mol. The van der Waals surface area contributed by atoms with Gasteiger partial charge in [-0.2, -0.15) is 5.26 Å². The van der Waals surface area contributed by atoms with E-state index >= 15 is 0 Å². The highest BCUT2D eigenvalue weighted by Gasteiger charge is 2.41. The summed E-state index contributed by atoms with van der Waals surface area (Å²) in [4.78, 5) is 26.1. The van der Waals surface area contributed by atoms with Crippen LogP contribution in [0.5, 0.6) is 0 Å². The van der Waals surface area contributed by atoms with Gasteiger partial charge in [-0.25, -0.2) is 0 Å². The van der Waals surface area contributed by atoms with Crippen LogP contribution >= 0.6 is 11.8 Å². The lowest BCUT2D eigenvalue weighted by Crippen LogP contribution is -2.38. The van der Waals surface area contributed by atoms with Crippen LogP contribution in [0, 0.1) is 17.2 Å². The average molecular weight is 358 g/mol. The molecule has 1 saturated heterocycles. The molecule has 24 heavy (non-hydrogen) atoms. The fraction of sp³-hybridized carbons (Fsp3) is 0.812. The number of rotatable bonds is 11. The van der Waals surface area contributed by atoms with Gasteiger partial charge in [0.25, 0.3) is 0 Å². The molecule has 0 spiro atoms. The summed E-state index contributed by atoms with van der Waals surface area (Å²) in [7, 11) is 1.58. The normalized spacial score (nSPS) is 21.6. The molecule has 8 heteroatoms. The standard InChI is InChI=1S/C16H26N2O5S/c1-4-22-8-6-13-15(19)18(7-9-21-3)14(24-13)10-12(11-17)16(20)23-5-2/h12-14H,4-10H2,1-3H3. The van der Waals surface area contributed by atoms with E-state index in [1.54, 1.807) is 18.9 Å². The highest BCUT2D eigenvalue weighted by atomic mass is 32.2. The Kier molecular flexibility index (Phi) is 9.76. The van der Waals surface area contributed by atoms with E-state index in [4.69, 9.17) is 14.2 Å². The third-order valence-corrected chi connectivity index (χ3v) is 5.18. The predicted octanol–water partition coefficient (Wildman–Crippen LogP) is 1.42. The van der Waals surface area contributed by atoms with Crippen LogP contribution in [0.3, 0.4) is 0 Å². The molecule has 1 aliphatic rings. The van der Waals surface area contributed by atoms with Crippen LogP contribution < -0.4 is 0 Å². The minimum atomic E-state index is -0.870. The second kappa shape index (κ2) is 11.3. The van der Waals surface area contributed by atoms with Crippen LogP contribution in [0.1, 0.15) is 26.7 Å². The van der Waals surface area contributed by atoms with Crippen LogP contribution in [-0.2, 0) is 23.8 Å². The lowest BCUT2D eigenvalue weighted by Gasteiger charge is -2.24. The maximum atomic E-state index is 12.6. The Morgan fingerprint density at radius 1 is 1.38 bits per heavy atom. The second-order valence-electron chi connectivity index (χ2n) is 5.26. The van der Waals surface area contributed by atoms with Crippen molar-refractivity contribution in [2.45, 2.75) is 37.3 Å². The number of hydrogen-bond donors (Lipinski definition) is 0. The van der Waals surface area contributed by atoms with Gasteiger partial charge in [-0.15, -0.1) is 11.8 Å². The van der Waals surface area contributed by atoms with E-state index in [1.165, 1.54) is 11.8 Å². The third kappa shape index (κ3) is 5.96. The summed E-state index contributed by atoms with van der Waals surface area (Å²) in [5.74, 6) is -1.38. The molecule has 3 unspecified atom stereocenters. The van der Waals surface area contributed by atoms with Crippen LogP contribution in [0.4, 0.5) is 0 Å². The maximum Gasteiger partial charge on any atom is 0.323 e. The zero-order valence-electron chi connectivity index (χ0n) is 14.5. The van der Waals surface area contributed by atoms with Crippen LogP contribution in [0.15, 0.2) is 0 Å². The van der Waals surface area contributed by atoms with Gasteiger partial charge in [-0.3, -0.25) is 9.59 Å². The molecule has 0 aromatic rings. The maximum absolute atomic E-state index is 12.6. The van der Waals surface area contributed by atoms with Crippen molar-refractivity contribution in [1.29, 1.82) is 5.26 Å². The van der Waals surface area contributed by atoms with Crippen molar-refractivity contribution in [2.75, 3.05) is 40.1 Å². The number of methoxy groups -OCH3 is 1. The molecule has 136 valence electrons. The summed E-state index contributed by atoms with van der Waals surface area (Å²) >= 11 is 1.49. The number of esters is 1. The lowest BCUT2D eigenvalue weighted by atomic mass is 10.1. The molecule has 0 radical (unpaired) electrons. The number of hydrogen-bond acceptors (Lipinski definition) is 7. The summed E-state index contributed by atoms with van der Waals surface area (Å²) in [6, 6.07) is 1.99. The Morgan fingerprint density at radius 3 is 2.71 bits per heavy atom. The smallest absolute Gasteiger partial charge is 0.323 e. The Balaban J connectivity index is 2.74. The molecule has 1 rings (SSSR count). The van der Waals surface area contributed by atoms with Gasteiger partial charge in [0, 0.05) is 33.3 Å². The topological polar surface area (TPSA) is 88.9 Å². The quantitative estimate of drug-likeness (QED) is 0.408. The Morgan fingerprint density at radius 2 is 2.12 bits per heavy atom. The molecule has 0 aromatic carbocycles. The molecule has 1 aliphatic heterocycles. The zero-order chi connectivity index (χ0) is 17.9. The summed E-state index contributed by atoms with van der Waals surface area (Å²) in [6.45, 7) is 5.84. The van der Waals surface area contributed by atoms with Crippen molar-refractivity contribution in [3.8, 4) is 6.07 Å². The molecule has 0 saturated carbocycles. The molecule has 3 atom stereocenters. The minimum Gasteiger partial charge on any atom is -0.465 e. The van der Waals surface area contributed by atoms with Gasteiger partial charge in [0.15, 0.2) is 0 Å². The Hall–Kier alpha value is -1.30. The first-order chi connectivity index (χ1) is 11.6. The summed E-state index contributed by atoms with van der Waals surface area (Å²) in [6.07, 6.45) is 0.883. The van der Waals surface area contributed by atoms with E-state index in [-0.39, 0.29) is 29.6 Å². The van der Waals surface area contributed by atoms with E-state index in [2.05, 4.69) is 0 Å². The first-order valence-electron chi connectivity index (χ1n) is 8.17. The highest BCUT2D eigenvalue weighted by Crippen LogP contribution is 2.37. The van der Waals surface area contributed by atoms with E-state index in [9.17, 15) is 14.9 Å². The fourth-order valence-electron chi connectivity index (χ4n) is 2.45. The lowest BCUT2D eigenvalue weighted by molar-refractivity contribution is -0.146. The third-order valence-electron chi connectivity index (χ3n) is 3.66. The van der Waals surface area contributed by atoms with Gasteiger partial charge < -0.3 is 19.1 Å². The van der Waals surface area contributed by atoms with Crippen molar-refractivity contribution in [3.63, 3.8) is 0 Å². The monoisotopic (exact) mass is 358 g/mol. The molecular weight excluding hydrogens is 332 g/mol. The summed E-state index contributed by atoms with van der Waals surface area (Å²) < 4.78 is 15.3. The molecule has 0 aliphatic carbocycles. The minimum absolute atomic E-state index is 0.0160. The fourth-order valence-corrected chi connectivity index (χ4v) is 3.97. The van der Waals surface area contributed by atoms with Gasteiger partial charge >= 0.3 is 5.97 Å². The second-order valence-corrected chi connectivity index (χ2v) is 6.64. The number of carbonyl (C=O) groups is 2. The number of thioether (sulfide) groups is 1. The Bertz CT molecular complexity index is 454. The first kappa shape index (κ1) is 20.7. The molecule has 1 amide bonds.